The van der Waals surface area contributed by atoms with Gasteiger partial charge in [0.25, 0.3) is 0 Å². The number of hydrogen-bond acceptors (Lipinski definition) is 4. The molecule has 0 saturated carbocycles. The summed E-state index contributed by atoms with van der Waals surface area (Å²) in [5.74, 6) is -0.348. The second kappa shape index (κ2) is 5.39. The fourth-order valence-corrected chi connectivity index (χ4v) is 2.23. The lowest BCUT2D eigenvalue weighted by Crippen LogP contribution is -2.44. The lowest BCUT2D eigenvalue weighted by Gasteiger charge is -2.27. The highest BCUT2D eigenvalue weighted by molar-refractivity contribution is 5.82. The third-order valence-electron chi connectivity index (χ3n) is 2.91. The number of nitrogens with zero attached hydrogens (tertiary/aromatic N) is 1. The maximum absolute atomic E-state index is 12.2. The van der Waals surface area contributed by atoms with Crippen LogP contribution in [0.15, 0.2) is 0 Å². The van der Waals surface area contributed by atoms with Crippen molar-refractivity contribution in [2.24, 2.45) is 5.41 Å². The van der Waals surface area contributed by atoms with E-state index in [1.807, 2.05) is 34.6 Å². The maximum atomic E-state index is 12.2. The molecule has 1 unspecified atom stereocenters. The van der Waals surface area contributed by atoms with Gasteiger partial charge in [-0.15, -0.1) is 0 Å². The van der Waals surface area contributed by atoms with Crippen LogP contribution in [0.25, 0.3) is 0 Å². The van der Waals surface area contributed by atoms with Crippen molar-refractivity contribution in [3.05, 3.63) is 0 Å². The van der Waals surface area contributed by atoms with Crippen LogP contribution in [0.5, 0.6) is 0 Å². The summed E-state index contributed by atoms with van der Waals surface area (Å²) in [7, 11) is 0. The van der Waals surface area contributed by atoms with Gasteiger partial charge in [-0.25, -0.2) is 9.59 Å². The molecule has 0 aliphatic carbocycles. The number of esters is 1. The molecule has 1 aliphatic heterocycles. The van der Waals surface area contributed by atoms with E-state index in [0.717, 1.165) is 0 Å². The molecule has 5 heteroatoms. The van der Waals surface area contributed by atoms with Crippen LogP contribution in [0.4, 0.5) is 4.79 Å². The number of amides is 1. The van der Waals surface area contributed by atoms with Gasteiger partial charge in [0.15, 0.2) is 0 Å². The molecule has 0 aromatic heterocycles. The van der Waals surface area contributed by atoms with Crippen molar-refractivity contribution in [3.8, 4) is 0 Å². The van der Waals surface area contributed by atoms with Gasteiger partial charge < -0.3 is 9.47 Å². The van der Waals surface area contributed by atoms with Crippen LogP contribution in [0.2, 0.25) is 0 Å². The summed E-state index contributed by atoms with van der Waals surface area (Å²) in [6, 6.07) is -0.537. The van der Waals surface area contributed by atoms with Crippen molar-refractivity contribution in [1.29, 1.82) is 0 Å². The topological polar surface area (TPSA) is 55.8 Å². The van der Waals surface area contributed by atoms with Crippen LogP contribution < -0.4 is 0 Å². The number of ether oxygens (including phenoxy) is 2. The molecular formula is C14H25NO4. The van der Waals surface area contributed by atoms with E-state index in [9.17, 15) is 9.59 Å². The molecule has 0 bridgehead atoms. The van der Waals surface area contributed by atoms with Crippen LogP contribution in [0.1, 0.15) is 48.0 Å². The predicted octanol–water partition coefficient (Wildman–Crippen LogP) is 2.59. The third-order valence-corrected chi connectivity index (χ3v) is 2.91. The second-order valence-electron chi connectivity index (χ2n) is 6.74. The first-order valence-electron chi connectivity index (χ1n) is 6.72. The number of carbonyl (C=O) groups is 2. The molecule has 1 amide bonds. The molecule has 19 heavy (non-hydrogen) atoms. The summed E-state index contributed by atoms with van der Waals surface area (Å²) in [6.45, 7) is 12.1. The second-order valence-corrected chi connectivity index (χ2v) is 6.74. The third kappa shape index (κ3) is 4.40. The monoisotopic (exact) mass is 271 g/mol. The first kappa shape index (κ1) is 15.8. The maximum Gasteiger partial charge on any atom is 0.411 e. The van der Waals surface area contributed by atoms with Crippen molar-refractivity contribution in [2.45, 2.75) is 59.6 Å². The van der Waals surface area contributed by atoms with Crippen LogP contribution in [0.3, 0.4) is 0 Å². The molecule has 0 aromatic carbocycles. The summed E-state index contributed by atoms with van der Waals surface area (Å²) >= 11 is 0. The molecule has 1 heterocycles. The Morgan fingerprint density at radius 2 is 1.89 bits per heavy atom. The quantitative estimate of drug-likeness (QED) is 0.724. The Morgan fingerprint density at radius 3 is 2.37 bits per heavy atom. The molecule has 0 aromatic rings. The molecule has 1 atom stereocenters. The SMILES string of the molecule is CCOC(=O)C1CC(C)(C)CN1C(=O)OC(C)(C)C. The van der Waals surface area contributed by atoms with E-state index in [2.05, 4.69) is 0 Å². The van der Waals surface area contributed by atoms with E-state index in [-0.39, 0.29) is 11.4 Å². The Balaban J connectivity index is 2.83. The van der Waals surface area contributed by atoms with Gasteiger partial charge in [-0.3, -0.25) is 4.90 Å². The number of rotatable bonds is 2. The Hall–Kier alpha value is -1.26. The lowest BCUT2D eigenvalue weighted by atomic mass is 9.91. The summed E-state index contributed by atoms with van der Waals surface area (Å²) in [5, 5.41) is 0. The minimum absolute atomic E-state index is 0.103. The van der Waals surface area contributed by atoms with E-state index in [1.54, 1.807) is 6.92 Å². The molecule has 110 valence electrons. The first-order chi connectivity index (χ1) is 8.56. The van der Waals surface area contributed by atoms with Crippen molar-refractivity contribution in [2.75, 3.05) is 13.2 Å². The van der Waals surface area contributed by atoms with Crippen molar-refractivity contribution >= 4 is 12.1 Å². The smallest absolute Gasteiger partial charge is 0.411 e. The van der Waals surface area contributed by atoms with Crippen LogP contribution in [-0.4, -0.2) is 41.8 Å². The molecule has 0 N–H and O–H groups in total. The number of likely N-dealkylation sites (tertiary alicyclic amines) is 1. The van der Waals surface area contributed by atoms with Gasteiger partial charge in [-0.1, -0.05) is 13.8 Å². The fourth-order valence-electron chi connectivity index (χ4n) is 2.23. The highest BCUT2D eigenvalue weighted by atomic mass is 16.6. The summed E-state index contributed by atoms with van der Waals surface area (Å²) in [4.78, 5) is 25.6. The molecule has 1 rings (SSSR count). The number of hydrogen-bond donors (Lipinski definition) is 0. The Kier molecular flexibility index (Phi) is 4.48. The van der Waals surface area contributed by atoms with Crippen LogP contribution in [-0.2, 0) is 14.3 Å². The molecule has 1 fully saturated rings. The van der Waals surface area contributed by atoms with E-state index in [0.29, 0.717) is 19.6 Å². The Labute approximate surface area is 115 Å². The largest absolute Gasteiger partial charge is 0.464 e. The lowest BCUT2D eigenvalue weighted by molar-refractivity contribution is -0.148. The van der Waals surface area contributed by atoms with Gasteiger partial charge in [-0.05, 0) is 39.5 Å². The van der Waals surface area contributed by atoms with Gasteiger partial charge in [0, 0.05) is 6.54 Å². The van der Waals surface area contributed by atoms with Gasteiger partial charge in [-0.2, -0.15) is 0 Å². The van der Waals surface area contributed by atoms with Crippen LogP contribution >= 0.6 is 0 Å². The molecular weight excluding hydrogens is 246 g/mol. The zero-order chi connectivity index (χ0) is 14.8. The minimum atomic E-state index is -0.566. The minimum Gasteiger partial charge on any atom is -0.464 e. The van der Waals surface area contributed by atoms with Gasteiger partial charge >= 0.3 is 12.1 Å². The van der Waals surface area contributed by atoms with Crippen molar-refractivity contribution in [1.82, 2.24) is 4.90 Å². The van der Waals surface area contributed by atoms with E-state index >= 15 is 0 Å². The normalized spacial score (nSPS) is 22.2. The predicted molar refractivity (Wildman–Crippen MR) is 71.8 cm³/mol. The number of carbonyl (C=O) groups excluding carboxylic acids is 2. The van der Waals surface area contributed by atoms with Gasteiger partial charge in [0.1, 0.15) is 11.6 Å². The van der Waals surface area contributed by atoms with Crippen LogP contribution in [0, 0.1) is 5.41 Å². The fraction of sp³-hybridized carbons (Fsp3) is 0.857. The molecule has 1 aliphatic rings. The standard InChI is InChI=1S/C14H25NO4/c1-7-18-11(16)10-8-14(5,6)9-15(10)12(17)19-13(2,3)4/h10H,7-9H2,1-6H3. The molecule has 0 radical (unpaired) electrons. The average molecular weight is 271 g/mol. The summed E-state index contributed by atoms with van der Waals surface area (Å²) < 4.78 is 10.4. The van der Waals surface area contributed by atoms with Crippen molar-refractivity contribution < 1.29 is 19.1 Å². The summed E-state index contributed by atoms with van der Waals surface area (Å²) in [5.41, 5.74) is -0.669. The molecule has 5 nitrogen and oxygen atoms in total. The average Bonchev–Trinajstić information content (AvgIpc) is 2.52. The van der Waals surface area contributed by atoms with Crippen molar-refractivity contribution in [3.63, 3.8) is 0 Å². The highest BCUT2D eigenvalue weighted by Crippen LogP contribution is 2.35. The van der Waals surface area contributed by atoms with E-state index < -0.39 is 17.7 Å². The zero-order valence-electron chi connectivity index (χ0n) is 12.8. The molecule has 1 saturated heterocycles. The molecule has 0 spiro atoms. The zero-order valence-corrected chi connectivity index (χ0v) is 12.8. The van der Waals surface area contributed by atoms with Gasteiger partial charge in [0.05, 0.1) is 6.61 Å². The van der Waals surface area contributed by atoms with Gasteiger partial charge in [0.2, 0.25) is 0 Å². The highest BCUT2D eigenvalue weighted by Gasteiger charge is 2.45. The summed E-state index contributed by atoms with van der Waals surface area (Å²) in [6.07, 6.45) is 0.154. The van der Waals surface area contributed by atoms with E-state index in [1.165, 1.54) is 4.90 Å². The Bertz CT molecular complexity index is 357. The van der Waals surface area contributed by atoms with E-state index in [4.69, 9.17) is 9.47 Å². The first-order valence-corrected chi connectivity index (χ1v) is 6.72. The Morgan fingerprint density at radius 1 is 1.32 bits per heavy atom.